The minimum atomic E-state index is 0.218. The molecule has 80 valence electrons. The average molecular weight is 214 g/mol. The van der Waals surface area contributed by atoms with Crippen LogP contribution in [0.25, 0.3) is 0 Å². The molecule has 3 heteroatoms. The third kappa shape index (κ3) is 2.14. The first-order valence-corrected chi connectivity index (χ1v) is 6.62. The smallest absolute Gasteiger partial charge is 0.194 e. The lowest BCUT2D eigenvalue weighted by molar-refractivity contribution is -0.115. The number of thioether (sulfide) groups is 1. The first kappa shape index (κ1) is 10.5. The molecule has 3 atom stereocenters. The molecule has 2 heterocycles. The summed E-state index contributed by atoms with van der Waals surface area (Å²) >= 11 is 1.52. The highest BCUT2D eigenvalue weighted by Gasteiger charge is 2.44. The van der Waals surface area contributed by atoms with Crippen molar-refractivity contribution in [2.75, 3.05) is 5.75 Å². The molecule has 0 aromatic carbocycles. The van der Waals surface area contributed by atoms with Gasteiger partial charge < -0.3 is 4.74 Å². The van der Waals surface area contributed by atoms with Gasteiger partial charge in [0, 0.05) is 5.75 Å². The monoisotopic (exact) mass is 214 g/mol. The Labute approximate surface area is 89.8 Å². The van der Waals surface area contributed by atoms with Gasteiger partial charge in [0.25, 0.3) is 0 Å². The zero-order chi connectivity index (χ0) is 9.97. The molecule has 0 aromatic heterocycles. The second-order valence-corrected chi connectivity index (χ2v) is 5.34. The van der Waals surface area contributed by atoms with Crippen LogP contribution in [0.15, 0.2) is 0 Å². The number of ether oxygens (including phenoxy) is 1. The van der Waals surface area contributed by atoms with Crippen molar-refractivity contribution < 1.29 is 9.53 Å². The van der Waals surface area contributed by atoms with Crippen LogP contribution in [0.4, 0.5) is 0 Å². The van der Waals surface area contributed by atoms with Crippen LogP contribution in [-0.2, 0) is 9.53 Å². The number of unbranched alkanes of at least 4 members (excludes halogenated alkanes) is 1. The molecule has 0 aliphatic carbocycles. The van der Waals surface area contributed by atoms with Gasteiger partial charge in [-0.25, -0.2) is 0 Å². The first-order chi connectivity index (χ1) is 6.81. The summed E-state index contributed by atoms with van der Waals surface area (Å²) in [5.74, 6) is 1.21. The SMILES string of the molecule is CCCCSC(=O)C1CC2CCC1O2. The van der Waals surface area contributed by atoms with Crippen LogP contribution in [0.1, 0.15) is 39.0 Å². The highest BCUT2D eigenvalue weighted by molar-refractivity contribution is 8.13. The van der Waals surface area contributed by atoms with Gasteiger partial charge in [0.05, 0.1) is 18.1 Å². The fourth-order valence-electron chi connectivity index (χ4n) is 2.31. The lowest BCUT2D eigenvalue weighted by Crippen LogP contribution is -2.23. The summed E-state index contributed by atoms with van der Waals surface area (Å²) in [7, 11) is 0. The van der Waals surface area contributed by atoms with Crippen LogP contribution in [0.3, 0.4) is 0 Å². The largest absolute Gasteiger partial charge is 0.374 e. The summed E-state index contributed by atoms with van der Waals surface area (Å²) in [5, 5.41) is 0.380. The van der Waals surface area contributed by atoms with Crippen LogP contribution in [-0.4, -0.2) is 23.1 Å². The van der Waals surface area contributed by atoms with E-state index in [1.807, 2.05) is 0 Å². The quantitative estimate of drug-likeness (QED) is 0.673. The molecule has 3 unspecified atom stereocenters. The van der Waals surface area contributed by atoms with Gasteiger partial charge in [-0.1, -0.05) is 25.1 Å². The van der Waals surface area contributed by atoms with Gasteiger partial charge in [-0.3, -0.25) is 4.79 Å². The van der Waals surface area contributed by atoms with E-state index in [2.05, 4.69) is 6.92 Å². The average Bonchev–Trinajstić information content (AvgIpc) is 2.79. The maximum atomic E-state index is 11.8. The molecule has 0 amide bonds. The molecular weight excluding hydrogens is 196 g/mol. The van der Waals surface area contributed by atoms with Crippen molar-refractivity contribution in [2.24, 2.45) is 5.92 Å². The van der Waals surface area contributed by atoms with Gasteiger partial charge in [-0.05, 0) is 25.7 Å². The molecule has 2 bridgehead atoms. The van der Waals surface area contributed by atoms with Crippen LogP contribution in [0.5, 0.6) is 0 Å². The third-order valence-corrected chi connectivity index (χ3v) is 4.23. The molecule has 0 N–H and O–H groups in total. The highest BCUT2D eigenvalue weighted by Crippen LogP contribution is 2.40. The number of hydrogen-bond acceptors (Lipinski definition) is 3. The topological polar surface area (TPSA) is 26.3 Å². The Kier molecular flexibility index (Phi) is 3.50. The Morgan fingerprint density at radius 1 is 1.50 bits per heavy atom. The summed E-state index contributed by atoms with van der Waals surface area (Å²) in [4.78, 5) is 11.8. The maximum Gasteiger partial charge on any atom is 0.194 e. The molecule has 14 heavy (non-hydrogen) atoms. The van der Waals surface area contributed by atoms with E-state index >= 15 is 0 Å². The number of carbonyl (C=O) groups excluding carboxylic acids is 1. The predicted octanol–water partition coefficient (Wildman–Crippen LogP) is 2.61. The zero-order valence-electron chi connectivity index (χ0n) is 8.70. The van der Waals surface area contributed by atoms with Crippen LogP contribution >= 0.6 is 11.8 Å². The summed E-state index contributed by atoms with van der Waals surface area (Å²) in [6.07, 6.45) is 6.26. The van der Waals surface area contributed by atoms with Gasteiger partial charge >= 0.3 is 0 Å². The van der Waals surface area contributed by atoms with Gasteiger partial charge in [-0.2, -0.15) is 0 Å². The summed E-state index contributed by atoms with van der Waals surface area (Å²) in [6.45, 7) is 2.16. The van der Waals surface area contributed by atoms with Crippen molar-refractivity contribution in [1.29, 1.82) is 0 Å². The lowest BCUT2D eigenvalue weighted by Gasteiger charge is -2.16. The summed E-state index contributed by atoms with van der Waals surface area (Å²) in [5.41, 5.74) is 0. The lowest BCUT2D eigenvalue weighted by atomic mass is 9.90. The molecule has 2 fully saturated rings. The van der Waals surface area contributed by atoms with Crippen LogP contribution in [0, 0.1) is 5.92 Å². The van der Waals surface area contributed by atoms with Crippen molar-refractivity contribution in [2.45, 2.75) is 51.2 Å². The van der Waals surface area contributed by atoms with E-state index in [0.29, 0.717) is 11.2 Å². The number of rotatable bonds is 4. The molecule has 0 radical (unpaired) electrons. The van der Waals surface area contributed by atoms with E-state index in [1.165, 1.54) is 24.6 Å². The minimum absolute atomic E-state index is 0.218. The molecule has 2 aliphatic rings. The van der Waals surface area contributed by atoms with E-state index < -0.39 is 0 Å². The molecule has 0 aromatic rings. The zero-order valence-corrected chi connectivity index (χ0v) is 9.52. The standard InChI is InChI=1S/C11H18O2S/c1-2-3-6-14-11(12)9-7-8-4-5-10(9)13-8/h8-10H,2-7H2,1H3. The predicted molar refractivity (Wildman–Crippen MR) is 58.4 cm³/mol. The van der Waals surface area contributed by atoms with Crippen molar-refractivity contribution in [1.82, 2.24) is 0 Å². The van der Waals surface area contributed by atoms with Crippen molar-refractivity contribution in [3.63, 3.8) is 0 Å². The Bertz CT molecular complexity index is 217. The maximum absolute atomic E-state index is 11.8. The number of fused-ring (bicyclic) bond motifs is 2. The van der Waals surface area contributed by atoms with Crippen molar-refractivity contribution in [3.8, 4) is 0 Å². The van der Waals surface area contributed by atoms with E-state index in [9.17, 15) is 4.79 Å². The molecule has 2 saturated heterocycles. The Hall–Kier alpha value is -0.0200. The van der Waals surface area contributed by atoms with Gasteiger partial charge in [-0.15, -0.1) is 0 Å². The number of carbonyl (C=O) groups is 1. The van der Waals surface area contributed by atoms with Crippen LogP contribution < -0.4 is 0 Å². The minimum Gasteiger partial charge on any atom is -0.374 e. The summed E-state index contributed by atoms with van der Waals surface area (Å²) < 4.78 is 5.68. The first-order valence-electron chi connectivity index (χ1n) is 5.63. The fourth-order valence-corrected chi connectivity index (χ4v) is 3.41. The van der Waals surface area contributed by atoms with E-state index in [1.54, 1.807) is 0 Å². The molecular formula is C11H18O2S. The molecule has 2 nitrogen and oxygen atoms in total. The molecule has 0 spiro atoms. The van der Waals surface area contributed by atoms with Crippen molar-refractivity contribution in [3.05, 3.63) is 0 Å². The fraction of sp³-hybridized carbons (Fsp3) is 0.909. The van der Waals surface area contributed by atoms with E-state index in [0.717, 1.165) is 25.0 Å². The van der Waals surface area contributed by atoms with E-state index in [4.69, 9.17) is 4.74 Å². The highest BCUT2D eigenvalue weighted by atomic mass is 32.2. The Morgan fingerprint density at radius 3 is 2.93 bits per heavy atom. The number of hydrogen-bond donors (Lipinski definition) is 0. The molecule has 2 rings (SSSR count). The third-order valence-electron chi connectivity index (χ3n) is 3.15. The van der Waals surface area contributed by atoms with Gasteiger partial charge in [0.2, 0.25) is 0 Å². The Morgan fingerprint density at radius 2 is 2.36 bits per heavy atom. The second-order valence-electron chi connectivity index (χ2n) is 4.24. The van der Waals surface area contributed by atoms with Crippen molar-refractivity contribution >= 4 is 16.9 Å². The summed E-state index contributed by atoms with van der Waals surface area (Å²) in [6, 6.07) is 0. The normalized spacial score (nSPS) is 35.1. The second kappa shape index (κ2) is 4.67. The molecule has 0 saturated carbocycles. The van der Waals surface area contributed by atoms with E-state index in [-0.39, 0.29) is 12.0 Å². The van der Waals surface area contributed by atoms with Gasteiger partial charge in [0.1, 0.15) is 0 Å². The van der Waals surface area contributed by atoms with Crippen LogP contribution in [0.2, 0.25) is 0 Å². The van der Waals surface area contributed by atoms with Gasteiger partial charge in [0.15, 0.2) is 5.12 Å². The molecule has 2 aliphatic heterocycles. The Balaban J connectivity index is 1.75.